The molecule has 1 saturated heterocycles. The Morgan fingerprint density at radius 3 is 2.68 bits per heavy atom. The molecule has 0 bridgehead atoms. The molecule has 1 fully saturated rings. The number of rotatable bonds is 4. The van der Waals surface area contributed by atoms with Gasteiger partial charge in [0, 0.05) is 13.1 Å². The minimum absolute atomic E-state index is 0.161. The van der Waals surface area contributed by atoms with Crippen LogP contribution in [0.3, 0.4) is 0 Å². The number of hydrogen-bond acceptors (Lipinski definition) is 3. The normalized spacial score (nSPS) is 20.5. The highest BCUT2D eigenvalue weighted by molar-refractivity contribution is 7.89. The number of hydrogen-bond donors (Lipinski definition) is 1. The van der Waals surface area contributed by atoms with Gasteiger partial charge in [-0.1, -0.05) is 11.6 Å². The van der Waals surface area contributed by atoms with Crippen LogP contribution in [-0.4, -0.2) is 39.4 Å². The first-order valence-corrected chi connectivity index (χ1v) is 8.49. The van der Waals surface area contributed by atoms with Gasteiger partial charge in [0.2, 0.25) is 10.0 Å². The van der Waals surface area contributed by atoms with Crippen LogP contribution in [0, 0.1) is 5.92 Å². The molecule has 1 atom stereocenters. The van der Waals surface area contributed by atoms with Gasteiger partial charge in [0.15, 0.2) is 0 Å². The topological polar surface area (TPSA) is 49.4 Å². The van der Waals surface area contributed by atoms with Crippen LogP contribution in [0.1, 0.15) is 12.0 Å². The van der Waals surface area contributed by atoms with E-state index >= 15 is 0 Å². The Kier molecular flexibility index (Phi) is 5.06. The molecule has 0 unspecified atom stereocenters. The summed E-state index contributed by atoms with van der Waals surface area (Å²) < 4.78 is 64.7. The number of benzene rings is 1. The summed E-state index contributed by atoms with van der Waals surface area (Å²) in [4.78, 5) is -0.380. The highest BCUT2D eigenvalue weighted by atomic mass is 35.5. The molecule has 1 aromatic carbocycles. The highest BCUT2D eigenvalue weighted by Gasteiger charge is 2.37. The molecular weight excluding hydrogens is 341 g/mol. The van der Waals surface area contributed by atoms with Crippen LogP contribution >= 0.6 is 11.6 Å². The van der Waals surface area contributed by atoms with Gasteiger partial charge in [-0.15, -0.1) is 0 Å². The van der Waals surface area contributed by atoms with Crippen molar-refractivity contribution in [2.24, 2.45) is 5.92 Å². The first kappa shape index (κ1) is 17.5. The zero-order valence-corrected chi connectivity index (χ0v) is 13.4. The molecule has 22 heavy (non-hydrogen) atoms. The molecule has 1 N–H and O–H groups in total. The fourth-order valence-electron chi connectivity index (χ4n) is 2.50. The van der Waals surface area contributed by atoms with Crippen LogP contribution in [0.2, 0.25) is 5.02 Å². The van der Waals surface area contributed by atoms with Crippen LogP contribution in [0.5, 0.6) is 0 Å². The highest BCUT2D eigenvalue weighted by Crippen LogP contribution is 2.36. The molecule has 0 radical (unpaired) electrons. The quantitative estimate of drug-likeness (QED) is 0.902. The van der Waals surface area contributed by atoms with Crippen LogP contribution in [0.25, 0.3) is 0 Å². The Morgan fingerprint density at radius 1 is 1.41 bits per heavy atom. The van der Waals surface area contributed by atoms with E-state index in [4.69, 9.17) is 11.6 Å². The van der Waals surface area contributed by atoms with Crippen LogP contribution in [0.15, 0.2) is 23.1 Å². The third-order valence-electron chi connectivity index (χ3n) is 3.62. The molecule has 1 aliphatic rings. The molecule has 0 saturated carbocycles. The van der Waals surface area contributed by atoms with Crippen molar-refractivity contribution in [3.8, 4) is 0 Å². The minimum atomic E-state index is -4.69. The van der Waals surface area contributed by atoms with E-state index < -0.39 is 26.8 Å². The Labute approximate surface area is 132 Å². The summed E-state index contributed by atoms with van der Waals surface area (Å²) in [5.74, 6) is 0.161. The summed E-state index contributed by atoms with van der Waals surface area (Å²) in [5, 5.41) is 2.46. The average molecular weight is 357 g/mol. The van der Waals surface area contributed by atoms with Crippen molar-refractivity contribution in [2.75, 3.05) is 26.7 Å². The fraction of sp³-hybridized carbons (Fsp3) is 0.538. The van der Waals surface area contributed by atoms with E-state index in [2.05, 4.69) is 5.32 Å². The zero-order chi connectivity index (χ0) is 16.5. The number of halogens is 4. The van der Waals surface area contributed by atoms with E-state index in [1.165, 1.54) is 4.31 Å². The maximum Gasteiger partial charge on any atom is 0.417 e. The summed E-state index contributed by atoms with van der Waals surface area (Å²) in [7, 11) is -2.17. The molecule has 2 rings (SSSR count). The van der Waals surface area contributed by atoms with Gasteiger partial charge in [-0.2, -0.15) is 17.5 Å². The summed E-state index contributed by atoms with van der Waals surface area (Å²) in [5.41, 5.74) is -1.14. The van der Waals surface area contributed by atoms with E-state index in [1.54, 1.807) is 7.05 Å². The number of sulfonamides is 1. The Balaban J connectivity index is 2.31. The van der Waals surface area contributed by atoms with Crippen molar-refractivity contribution in [3.05, 3.63) is 28.8 Å². The maximum absolute atomic E-state index is 12.9. The first-order chi connectivity index (χ1) is 10.2. The molecule has 0 aromatic heterocycles. The van der Waals surface area contributed by atoms with Crippen LogP contribution in [0.4, 0.5) is 13.2 Å². The molecule has 0 amide bonds. The predicted octanol–water partition coefficient (Wildman–Crippen LogP) is 2.59. The van der Waals surface area contributed by atoms with Gasteiger partial charge in [-0.3, -0.25) is 0 Å². The van der Waals surface area contributed by atoms with Crippen molar-refractivity contribution < 1.29 is 21.6 Å². The van der Waals surface area contributed by atoms with E-state index in [9.17, 15) is 21.6 Å². The maximum atomic E-state index is 12.9. The van der Waals surface area contributed by atoms with Gasteiger partial charge >= 0.3 is 6.18 Å². The molecule has 9 heteroatoms. The number of alkyl halides is 3. The summed E-state index contributed by atoms with van der Waals surface area (Å²) >= 11 is 5.52. The van der Waals surface area contributed by atoms with Crippen LogP contribution < -0.4 is 5.32 Å². The Hall–Kier alpha value is -0.830. The first-order valence-electron chi connectivity index (χ1n) is 6.67. The third-order valence-corrected chi connectivity index (χ3v) is 5.81. The van der Waals surface area contributed by atoms with Gasteiger partial charge in [0.05, 0.1) is 15.5 Å². The smallest absolute Gasteiger partial charge is 0.319 e. The molecule has 4 nitrogen and oxygen atoms in total. The van der Waals surface area contributed by atoms with Gasteiger partial charge in [-0.25, -0.2) is 8.42 Å². The lowest BCUT2D eigenvalue weighted by Gasteiger charge is -2.18. The molecule has 1 heterocycles. The van der Waals surface area contributed by atoms with Crippen molar-refractivity contribution in [1.82, 2.24) is 9.62 Å². The lowest BCUT2D eigenvalue weighted by molar-refractivity contribution is -0.137. The van der Waals surface area contributed by atoms with Crippen molar-refractivity contribution in [3.63, 3.8) is 0 Å². The lowest BCUT2D eigenvalue weighted by atomic mass is 10.1. The second-order valence-corrected chi connectivity index (χ2v) is 7.56. The largest absolute Gasteiger partial charge is 0.417 e. The standard InChI is InChI=1S/C13H16ClF3N2O2S/c1-18-7-9-4-5-19(8-9)22(20,21)10-2-3-12(14)11(6-10)13(15,16)17/h2-3,6,9,18H,4-5,7-8H2,1H3/t9-/m0/s1. The minimum Gasteiger partial charge on any atom is -0.319 e. The molecular formula is C13H16ClF3N2O2S. The van der Waals surface area contributed by atoms with Crippen LogP contribution in [-0.2, 0) is 16.2 Å². The molecule has 0 spiro atoms. The molecule has 0 aliphatic carbocycles. The lowest BCUT2D eigenvalue weighted by Crippen LogP contribution is -2.30. The third kappa shape index (κ3) is 3.56. The van der Waals surface area contributed by atoms with E-state index in [0.717, 1.165) is 12.1 Å². The second-order valence-electron chi connectivity index (χ2n) is 5.21. The Bertz CT molecular complexity index is 649. The summed E-state index contributed by atoms with van der Waals surface area (Å²) in [6, 6.07) is 2.68. The van der Waals surface area contributed by atoms with E-state index in [1.807, 2.05) is 0 Å². The number of nitrogens with zero attached hydrogens (tertiary/aromatic N) is 1. The van der Waals surface area contributed by atoms with Gasteiger partial charge < -0.3 is 5.32 Å². The fourth-order valence-corrected chi connectivity index (χ4v) is 4.28. The molecule has 1 aromatic rings. The monoisotopic (exact) mass is 356 g/mol. The van der Waals surface area contributed by atoms with Crippen molar-refractivity contribution in [2.45, 2.75) is 17.5 Å². The van der Waals surface area contributed by atoms with Gasteiger partial charge in [0.25, 0.3) is 0 Å². The molecule has 124 valence electrons. The van der Waals surface area contributed by atoms with E-state index in [-0.39, 0.29) is 10.8 Å². The van der Waals surface area contributed by atoms with E-state index in [0.29, 0.717) is 32.1 Å². The Morgan fingerprint density at radius 2 is 2.09 bits per heavy atom. The van der Waals surface area contributed by atoms with Gasteiger partial charge in [-0.05, 0) is 44.1 Å². The predicted molar refractivity (Wildman–Crippen MR) is 77.2 cm³/mol. The summed E-state index contributed by atoms with van der Waals surface area (Å²) in [6.07, 6.45) is -4.01. The van der Waals surface area contributed by atoms with Crippen molar-refractivity contribution in [1.29, 1.82) is 0 Å². The summed E-state index contributed by atoms with van der Waals surface area (Å²) in [6.45, 7) is 1.27. The SMILES string of the molecule is CNC[C@@H]1CCN(S(=O)(=O)c2ccc(Cl)c(C(F)(F)F)c2)C1. The zero-order valence-electron chi connectivity index (χ0n) is 11.8. The number of nitrogens with one attached hydrogen (secondary N) is 1. The van der Waals surface area contributed by atoms with Crippen molar-refractivity contribution >= 4 is 21.6 Å². The average Bonchev–Trinajstić information content (AvgIpc) is 2.87. The molecule has 1 aliphatic heterocycles. The van der Waals surface area contributed by atoms with Gasteiger partial charge in [0.1, 0.15) is 0 Å². The second kappa shape index (κ2) is 6.35.